The van der Waals surface area contributed by atoms with Crippen LogP contribution < -0.4 is 0 Å². The minimum Gasteiger partial charge on any atom is -0.236 e. The van der Waals surface area contributed by atoms with Crippen LogP contribution in [0.15, 0.2) is 54.7 Å². The first-order chi connectivity index (χ1) is 10.3. The van der Waals surface area contributed by atoms with Crippen LogP contribution in [-0.2, 0) is 12.8 Å². The summed E-state index contributed by atoms with van der Waals surface area (Å²) in [7, 11) is 0. The van der Waals surface area contributed by atoms with E-state index in [1.54, 1.807) is 0 Å². The molecule has 0 bridgehead atoms. The van der Waals surface area contributed by atoms with Crippen molar-refractivity contribution >= 4 is 0 Å². The molecular formula is C19H16N2. The predicted molar refractivity (Wildman–Crippen MR) is 85.0 cm³/mol. The Morgan fingerprint density at radius 3 is 2.48 bits per heavy atom. The summed E-state index contributed by atoms with van der Waals surface area (Å²) >= 11 is 0. The summed E-state index contributed by atoms with van der Waals surface area (Å²) in [6.45, 7) is 2.09. The summed E-state index contributed by atoms with van der Waals surface area (Å²) in [6.07, 6.45) is 4.10. The zero-order valence-corrected chi connectivity index (χ0v) is 12.0. The summed E-state index contributed by atoms with van der Waals surface area (Å²) < 4.78 is 0. The van der Waals surface area contributed by atoms with Crippen LogP contribution in [0.4, 0.5) is 0 Å². The second kappa shape index (κ2) is 4.81. The highest BCUT2D eigenvalue weighted by atomic mass is 14.9. The van der Waals surface area contributed by atoms with E-state index in [2.05, 4.69) is 60.4 Å². The molecule has 102 valence electrons. The predicted octanol–water partition coefficient (Wildman–Crippen LogP) is 4.22. The molecule has 3 aromatic rings. The second-order valence-corrected chi connectivity index (χ2v) is 5.59. The molecule has 1 aliphatic carbocycles. The van der Waals surface area contributed by atoms with Gasteiger partial charge >= 0.3 is 0 Å². The molecule has 1 heterocycles. The van der Waals surface area contributed by atoms with Gasteiger partial charge in [0.2, 0.25) is 0 Å². The van der Waals surface area contributed by atoms with E-state index in [0.717, 1.165) is 29.9 Å². The second-order valence-electron chi connectivity index (χ2n) is 5.59. The van der Waals surface area contributed by atoms with Gasteiger partial charge in [0.1, 0.15) is 0 Å². The molecule has 0 aliphatic heterocycles. The fourth-order valence-corrected chi connectivity index (χ4v) is 2.90. The number of hydrogen-bond donors (Lipinski definition) is 0. The van der Waals surface area contributed by atoms with Crippen molar-refractivity contribution in [1.29, 1.82) is 0 Å². The number of nitrogens with zero attached hydrogens (tertiary/aromatic N) is 2. The van der Waals surface area contributed by atoms with Crippen molar-refractivity contribution in [3.8, 4) is 22.6 Å². The van der Waals surface area contributed by atoms with Crippen molar-refractivity contribution in [2.45, 2.75) is 19.8 Å². The number of aromatic nitrogens is 2. The lowest BCUT2D eigenvalue weighted by molar-refractivity contribution is 0.912. The van der Waals surface area contributed by atoms with Gasteiger partial charge in [-0.15, -0.1) is 0 Å². The van der Waals surface area contributed by atoms with E-state index in [1.165, 1.54) is 22.3 Å². The van der Waals surface area contributed by atoms with Gasteiger partial charge in [-0.2, -0.15) is 0 Å². The lowest BCUT2D eigenvalue weighted by atomic mass is 9.90. The van der Waals surface area contributed by atoms with Crippen molar-refractivity contribution < 1.29 is 0 Å². The first kappa shape index (κ1) is 12.3. The quantitative estimate of drug-likeness (QED) is 0.663. The molecule has 0 unspecified atom stereocenters. The molecule has 0 atom stereocenters. The maximum absolute atomic E-state index is 4.84. The molecule has 4 rings (SSSR count). The van der Waals surface area contributed by atoms with Crippen LogP contribution in [-0.4, -0.2) is 9.97 Å². The summed E-state index contributed by atoms with van der Waals surface area (Å²) in [5, 5.41) is 0. The highest BCUT2D eigenvalue weighted by Gasteiger charge is 2.18. The third kappa shape index (κ3) is 2.13. The van der Waals surface area contributed by atoms with E-state index < -0.39 is 0 Å². The summed E-state index contributed by atoms with van der Waals surface area (Å²) in [6, 6.07) is 16.9. The van der Waals surface area contributed by atoms with Crippen LogP contribution in [0.2, 0.25) is 0 Å². The lowest BCUT2D eigenvalue weighted by Gasteiger charge is -2.18. The van der Waals surface area contributed by atoms with Crippen LogP contribution in [0, 0.1) is 6.92 Å². The van der Waals surface area contributed by atoms with Crippen LogP contribution in [0.25, 0.3) is 22.6 Å². The molecule has 0 spiro atoms. The fourth-order valence-electron chi connectivity index (χ4n) is 2.90. The Bertz CT molecular complexity index is 804. The number of aryl methyl sites for hydroxylation is 3. The maximum atomic E-state index is 4.84. The van der Waals surface area contributed by atoms with Crippen molar-refractivity contribution in [3.05, 3.63) is 71.4 Å². The monoisotopic (exact) mass is 272 g/mol. The van der Waals surface area contributed by atoms with Gasteiger partial charge in [-0.3, -0.25) is 0 Å². The number of fused-ring (bicyclic) bond motifs is 3. The van der Waals surface area contributed by atoms with E-state index >= 15 is 0 Å². The Kier molecular flexibility index (Phi) is 2.81. The number of hydrogen-bond acceptors (Lipinski definition) is 2. The lowest BCUT2D eigenvalue weighted by Crippen LogP contribution is -2.07. The van der Waals surface area contributed by atoms with Crippen molar-refractivity contribution in [2.75, 3.05) is 0 Å². The molecule has 2 nitrogen and oxygen atoms in total. The molecule has 0 saturated carbocycles. The van der Waals surface area contributed by atoms with E-state index in [4.69, 9.17) is 4.98 Å². The normalized spacial score (nSPS) is 12.6. The van der Waals surface area contributed by atoms with Crippen LogP contribution in [0.3, 0.4) is 0 Å². The molecule has 1 aromatic heterocycles. The molecule has 0 amide bonds. The van der Waals surface area contributed by atoms with Gasteiger partial charge in [0.15, 0.2) is 5.82 Å². The van der Waals surface area contributed by atoms with Gasteiger partial charge in [-0.1, -0.05) is 54.1 Å². The van der Waals surface area contributed by atoms with Crippen LogP contribution >= 0.6 is 0 Å². The van der Waals surface area contributed by atoms with Gasteiger partial charge in [0, 0.05) is 17.3 Å². The third-order valence-electron chi connectivity index (χ3n) is 4.11. The van der Waals surface area contributed by atoms with Crippen LogP contribution in [0.5, 0.6) is 0 Å². The first-order valence-electron chi connectivity index (χ1n) is 7.32. The zero-order valence-electron chi connectivity index (χ0n) is 12.0. The molecule has 0 radical (unpaired) electrons. The van der Waals surface area contributed by atoms with Crippen molar-refractivity contribution in [2.24, 2.45) is 0 Å². The van der Waals surface area contributed by atoms with Gasteiger partial charge in [0.05, 0.1) is 5.69 Å². The first-order valence-corrected chi connectivity index (χ1v) is 7.32. The van der Waals surface area contributed by atoms with Crippen molar-refractivity contribution in [1.82, 2.24) is 9.97 Å². The summed E-state index contributed by atoms with van der Waals surface area (Å²) in [4.78, 5) is 9.40. The number of rotatable bonds is 1. The molecular weight excluding hydrogens is 256 g/mol. The average Bonchev–Trinajstić information content (AvgIpc) is 2.55. The largest absolute Gasteiger partial charge is 0.236 e. The van der Waals surface area contributed by atoms with Gasteiger partial charge in [0.25, 0.3) is 0 Å². The van der Waals surface area contributed by atoms with Gasteiger partial charge in [-0.05, 0) is 30.9 Å². The highest BCUT2D eigenvalue weighted by Crippen LogP contribution is 2.32. The Morgan fingerprint density at radius 2 is 1.62 bits per heavy atom. The molecule has 21 heavy (non-hydrogen) atoms. The third-order valence-corrected chi connectivity index (χ3v) is 4.11. The minimum atomic E-state index is 0.811. The standard InChI is InChI=1S/C19H16N2/c1-13-6-8-15(9-7-13)19-20-12-16-11-10-14-4-2-3-5-17(14)18(16)21-19/h2-9,12H,10-11H2,1H3. The zero-order chi connectivity index (χ0) is 14.2. The maximum Gasteiger partial charge on any atom is 0.159 e. The Labute approximate surface area is 124 Å². The van der Waals surface area contributed by atoms with Gasteiger partial charge in [-0.25, -0.2) is 9.97 Å². The Balaban J connectivity index is 1.86. The van der Waals surface area contributed by atoms with Gasteiger partial charge < -0.3 is 0 Å². The van der Waals surface area contributed by atoms with E-state index in [9.17, 15) is 0 Å². The molecule has 0 fully saturated rings. The van der Waals surface area contributed by atoms with E-state index in [0.29, 0.717) is 0 Å². The summed E-state index contributed by atoms with van der Waals surface area (Å²) in [5.74, 6) is 0.811. The topological polar surface area (TPSA) is 25.8 Å². The fraction of sp³-hybridized carbons (Fsp3) is 0.158. The molecule has 0 N–H and O–H groups in total. The SMILES string of the molecule is Cc1ccc(-c2ncc3c(n2)-c2ccccc2CC3)cc1. The van der Waals surface area contributed by atoms with Crippen LogP contribution in [0.1, 0.15) is 16.7 Å². The molecule has 1 aliphatic rings. The Hall–Kier alpha value is -2.48. The van der Waals surface area contributed by atoms with E-state index in [1.807, 2.05) is 6.20 Å². The molecule has 2 heteroatoms. The van der Waals surface area contributed by atoms with Crippen molar-refractivity contribution in [3.63, 3.8) is 0 Å². The highest BCUT2D eigenvalue weighted by molar-refractivity contribution is 5.71. The minimum absolute atomic E-state index is 0.811. The summed E-state index contributed by atoms with van der Waals surface area (Å²) in [5.41, 5.74) is 7.33. The molecule has 2 aromatic carbocycles. The smallest absolute Gasteiger partial charge is 0.159 e. The van der Waals surface area contributed by atoms with E-state index in [-0.39, 0.29) is 0 Å². The average molecular weight is 272 g/mol. The number of benzene rings is 2. The Morgan fingerprint density at radius 1 is 0.857 bits per heavy atom. The molecule has 0 saturated heterocycles.